The van der Waals surface area contributed by atoms with E-state index in [0.717, 1.165) is 18.5 Å². The van der Waals surface area contributed by atoms with Crippen LogP contribution in [0.25, 0.3) is 0 Å². The van der Waals surface area contributed by atoms with Crippen LogP contribution in [0.2, 0.25) is 0 Å². The highest BCUT2D eigenvalue weighted by atomic mass is 16.5. The summed E-state index contributed by atoms with van der Waals surface area (Å²) in [6.07, 6.45) is 1.74. The van der Waals surface area contributed by atoms with Crippen molar-refractivity contribution in [3.63, 3.8) is 0 Å². The second kappa shape index (κ2) is 8.15. The van der Waals surface area contributed by atoms with Crippen molar-refractivity contribution in [3.05, 3.63) is 30.3 Å². The molecule has 22 heavy (non-hydrogen) atoms. The molecule has 122 valence electrons. The first-order valence-corrected chi connectivity index (χ1v) is 7.98. The number of carbonyl (C=O) groups is 1. The third-order valence-corrected chi connectivity index (χ3v) is 4.47. The number of rotatable bonds is 6. The SMILES string of the molecule is CC(CNC(=O)C(N)C1CCOCC1)N(C)c1ccccc1. The summed E-state index contributed by atoms with van der Waals surface area (Å²) in [6, 6.07) is 9.91. The monoisotopic (exact) mass is 305 g/mol. The molecule has 1 amide bonds. The van der Waals surface area contributed by atoms with E-state index in [4.69, 9.17) is 10.5 Å². The predicted molar refractivity (Wildman–Crippen MR) is 88.8 cm³/mol. The van der Waals surface area contributed by atoms with E-state index in [9.17, 15) is 4.79 Å². The Morgan fingerprint density at radius 1 is 1.36 bits per heavy atom. The molecule has 1 saturated heterocycles. The van der Waals surface area contributed by atoms with E-state index in [-0.39, 0.29) is 17.9 Å². The summed E-state index contributed by atoms with van der Waals surface area (Å²) in [5, 5.41) is 2.98. The molecule has 0 aliphatic carbocycles. The molecule has 2 rings (SSSR count). The number of para-hydroxylation sites is 1. The average molecular weight is 305 g/mol. The molecule has 3 N–H and O–H groups in total. The maximum Gasteiger partial charge on any atom is 0.237 e. The van der Waals surface area contributed by atoms with Gasteiger partial charge < -0.3 is 20.7 Å². The smallest absolute Gasteiger partial charge is 0.237 e. The van der Waals surface area contributed by atoms with Gasteiger partial charge in [-0.1, -0.05) is 18.2 Å². The summed E-state index contributed by atoms with van der Waals surface area (Å²) in [5.41, 5.74) is 7.22. The molecule has 1 heterocycles. The van der Waals surface area contributed by atoms with Crippen molar-refractivity contribution in [1.29, 1.82) is 0 Å². The zero-order valence-corrected chi connectivity index (χ0v) is 13.5. The number of ether oxygens (including phenoxy) is 1. The van der Waals surface area contributed by atoms with Gasteiger partial charge in [-0.05, 0) is 37.8 Å². The minimum Gasteiger partial charge on any atom is -0.381 e. The second-order valence-corrected chi connectivity index (χ2v) is 6.02. The van der Waals surface area contributed by atoms with Gasteiger partial charge in [-0.2, -0.15) is 0 Å². The fourth-order valence-corrected chi connectivity index (χ4v) is 2.71. The van der Waals surface area contributed by atoms with Gasteiger partial charge in [-0.25, -0.2) is 0 Å². The topological polar surface area (TPSA) is 67.6 Å². The number of benzene rings is 1. The van der Waals surface area contributed by atoms with Gasteiger partial charge in [0.25, 0.3) is 0 Å². The highest BCUT2D eigenvalue weighted by Gasteiger charge is 2.26. The summed E-state index contributed by atoms with van der Waals surface area (Å²) in [5.74, 6) is 0.177. The second-order valence-electron chi connectivity index (χ2n) is 6.02. The molecule has 0 aromatic heterocycles. The number of carbonyl (C=O) groups excluding carboxylic acids is 1. The normalized spacial score (nSPS) is 18.5. The van der Waals surface area contributed by atoms with Crippen molar-refractivity contribution >= 4 is 11.6 Å². The maximum absolute atomic E-state index is 12.2. The first-order valence-electron chi connectivity index (χ1n) is 7.98. The maximum atomic E-state index is 12.2. The van der Waals surface area contributed by atoms with E-state index in [1.807, 2.05) is 25.2 Å². The highest BCUT2D eigenvalue weighted by Crippen LogP contribution is 2.18. The summed E-state index contributed by atoms with van der Waals surface area (Å²) in [4.78, 5) is 14.4. The van der Waals surface area contributed by atoms with E-state index in [0.29, 0.717) is 19.8 Å². The minimum absolute atomic E-state index is 0.0554. The van der Waals surface area contributed by atoms with Crippen LogP contribution in [0, 0.1) is 5.92 Å². The fraction of sp³-hybridized carbons (Fsp3) is 0.588. The Morgan fingerprint density at radius 3 is 2.64 bits per heavy atom. The summed E-state index contributed by atoms with van der Waals surface area (Å²) < 4.78 is 5.31. The van der Waals surface area contributed by atoms with Gasteiger partial charge in [-0.15, -0.1) is 0 Å². The molecular weight excluding hydrogens is 278 g/mol. The van der Waals surface area contributed by atoms with Crippen molar-refractivity contribution in [2.45, 2.75) is 31.8 Å². The van der Waals surface area contributed by atoms with E-state index in [2.05, 4.69) is 29.3 Å². The highest BCUT2D eigenvalue weighted by molar-refractivity contribution is 5.81. The first kappa shape index (κ1) is 16.8. The van der Waals surface area contributed by atoms with Crippen molar-refractivity contribution in [2.24, 2.45) is 11.7 Å². The van der Waals surface area contributed by atoms with Crippen LogP contribution in [0.5, 0.6) is 0 Å². The van der Waals surface area contributed by atoms with Gasteiger partial charge in [0.05, 0.1) is 6.04 Å². The zero-order valence-electron chi connectivity index (χ0n) is 13.5. The first-order chi connectivity index (χ1) is 10.6. The van der Waals surface area contributed by atoms with Crippen molar-refractivity contribution < 1.29 is 9.53 Å². The molecule has 1 aliphatic heterocycles. The number of nitrogens with one attached hydrogen (secondary N) is 1. The quantitative estimate of drug-likeness (QED) is 0.833. The zero-order chi connectivity index (χ0) is 15.9. The molecule has 1 aromatic rings. The van der Waals surface area contributed by atoms with Gasteiger partial charge in [0.1, 0.15) is 0 Å². The van der Waals surface area contributed by atoms with Gasteiger partial charge in [0.2, 0.25) is 5.91 Å². The van der Waals surface area contributed by atoms with Crippen molar-refractivity contribution in [1.82, 2.24) is 5.32 Å². The third kappa shape index (κ3) is 4.45. The van der Waals surface area contributed by atoms with Crippen molar-refractivity contribution in [3.8, 4) is 0 Å². The van der Waals surface area contributed by atoms with E-state index in [1.54, 1.807) is 0 Å². The van der Waals surface area contributed by atoms with Crippen molar-refractivity contribution in [2.75, 3.05) is 31.7 Å². The van der Waals surface area contributed by atoms with Gasteiger partial charge in [0.15, 0.2) is 0 Å². The fourth-order valence-electron chi connectivity index (χ4n) is 2.71. The Kier molecular flexibility index (Phi) is 6.21. The van der Waals surface area contributed by atoms with Crippen LogP contribution in [-0.2, 0) is 9.53 Å². The molecule has 0 spiro atoms. The predicted octanol–water partition coefficient (Wildman–Crippen LogP) is 1.38. The minimum atomic E-state index is -0.432. The number of nitrogens with zero attached hydrogens (tertiary/aromatic N) is 1. The molecule has 5 heteroatoms. The number of nitrogens with two attached hydrogens (primary N) is 1. The number of hydrogen-bond donors (Lipinski definition) is 2. The largest absolute Gasteiger partial charge is 0.381 e. The van der Waals surface area contributed by atoms with Crippen LogP contribution < -0.4 is 16.0 Å². The molecule has 1 fully saturated rings. The molecular formula is C17H27N3O2. The van der Waals surface area contributed by atoms with Gasteiger partial charge >= 0.3 is 0 Å². The van der Waals surface area contributed by atoms with Crippen LogP contribution in [0.4, 0.5) is 5.69 Å². The lowest BCUT2D eigenvalue weighted by Gasteiger charge is -2.29. The lowest BCUT2D eigenvalue weighted by atomic mass is 9.92. The Morgan fingerprint density at radius 2 is 2.00 bits per heavy atom. The Labute approximate surface area is 132 Å². The van der Waals surface area contributed by atoms with Crippen LogP contribution >= 0.6 is 0 Å². The molecule has 2 atom stereocenters. The summed E-state index contributed by atoms with van der Waals surface area (Å²) in [6.45, 7) is 4.09. The van der Waals surface area contributed by atoms with Gasteiger partial charge in [0, 0.05) is 38.5 Å². The van der Waals surface area contributed by atoms with E-state index < -0.39 is 6.04 Å². The summed E-state index contributed by atoms with van der Waals surface area (Å²) >= 11 is 0. The lowest BCUT2D eigenvalue weighted by Crippen LogP contribution is -2.50. The molecule has 5 nitrogen and oxygen atoms in total. The molecule has 1 aromatic carbocycles. The lowest BCUT2D eigenvalue weighted by molar-refractivity contribution is -0.124. The standard InChI is InChI=1S/C17H27N3O2/c1-13(20(2)15-6-4-3-5-7-15)12-19-17(21)16(18)14-8-10-22-11-9-14/h3-7,13-14,16H,8-12,18H2,1-2H3,(H,19,21). The average Bonchev–Trinajstić information content (AvgIpc) is 2.59. The van der Waals surface area contributed by atoms with E-state index in [1.165, 1.54) is 0 Å². The molecule has 0 saturated carbocycles. The molecule has 0 radical (unpaired) electrons. The van der Waals surface area contributed by atoms with Crippen LogP contribution in [0.3, 0.4) is 0 Å². The number of likely N-dealkylation sites (N-methyl/N-ethyl adjacent to an activating group) is 1. The molecule has 1 aliphatic rings. The third-order valence-electron chi connectivity index (χ3n) is 4.47. The van der Waals surface area contributed by atoms with Crippen LogP contribution in [0.15, 0.2) is 30.3 Å². The number of anilines is 1. The van der Waals surface area contributed by atoms with Crippen LogP contribution in [-0.4, -0.2) is 44.8 Å². The van der Waals surface area contributed by atoms with E-state index >= 15 is 0 Å². The van der Waals surface area contributed by atoms with Gasteiger partial charge in [-0.3, -0.25) is 4.79 Å². The molecule has 2 unspecified atom stereocenters. The Hall–Kier alpha value is -1.59. The molecule has 0 bridgehead atoms. The number of hydrogen-bond acceptors (Lipinski definition) is 4. The number of amides is 1. The Balaban J connectivity index is 1.79. The van der Waals surface area contributed by atoms with Crippen LogP contribution in [0.1, 0.15) is 19.8 Å². The Bertz CT molecular complexity index is 460. The summed E-state index contributed by atoms with van der Waals surface area (Å²) in [7, 11) is 2.03.